The van der Waals surface area contributed by atoms with Crippen molar-refractivity contribution in [1.29, 1.82) is 0 Å². The van der Waals surface area contributed by atoms with Crippen LogP contribution in [-0.2, 0) is 0 Å². The van der Waals surface area contributed by atoms with E-state index in [1.807, 2.05) is 6.92 Å². The first-order valence-electron chi connectivity index (χ1n) is 5.05. The summed E-state index contributed by atoms with van der Waals surface area (Å²) in [6, 6.07) is 5.37. The molecule has 0 radical (unpaired) electrons. The van der Waals surface area contributed by atoms with E-state index in [2.05, 4.69) is 9.97 Å². The van der Waals surface area contributed by atoms with Gasteiger partial charge in [0, 0.05) is 16.8 Å². The van der Waals surface area contributed by atoms with Crippen LogP contribution in [0, 0.1) is 6.92 Å². The summed E-state index contributed by atoms with van der Waals surface area (Å²) in [4.78, 5) is 8.16. The molecule has 0 aliphatic carbocycles. The maximum absolute atomic E-state index is 5.99. The molecule has 0 saturated heterocycles. The molecule has 1 aromatic heterocycles. The van der Waals surface area contributed by atoms with Crippen LogP contribution >= 0.6 is 11.6 Å². The maximum atomic E-state index is 5.99. The second kappa shape index (κ2) is 4.59. The first-order valence-corrected chi connectivity index (χ1v) is 5.42. The fourth-order valence-corrected chi connectivity index (χ4v) is 1.77. The Kier molecular flexibility index (Phi) is 3.15. The normalized spacial score (nSPS) is 10.3. The van der Waals surface area contributed by atoms with Crippen molar-refractivity contribution in [3.63, 3.8) is 0 Å². The summed E-state index contributed by atoms with van der Waals surface area (Å²) in [5.41, 5.74) is 8.06. The van der Waals surface area contributed by atoms with Gasteiger partial charge in [0.2, 0.25) is 5.95 Å². The number of methoxy groups -OCH3 is 1. The SMILES string of the molecule is COc1ccc(Cl)cc1-c1nc(N)ncc1C. The number of hydrogen-bond donors (Lipinski definition) is 1. The molecule has 0 saturated carbocycles. The number of anilines is 1. The van der Waals surface area contributed by atoms with Gasteiger partial charge in [-0.2, -0.15) is 0 Å². The minimum atomic E-state index is 0.229. The van der Waals surface area contributed by atoms with Gasteiger partial charge in [0.15, 0.2) is 0 Å². The zero-order chi connectivity index (χ0) is 12.4. The van der Waals surface area contributed by atoms with Crippen LogP contribution < -0.4 is 10.5 Å². The van der Waals surface area contributed by atoms with Crippen LogP contribution in [0.2, 0.25) is 5.02 Å². The minimum Gasteiger partial charge on any atom is -0.496 e. The highest BCUT2D eigenvalue weighted by Crippen LogP contribution is 2.33. The molecular formula is C12H12ClN3O. The average Bonchev–Trinajstić information content (AvgIpc) is 2.32. The van der Waals surface area contributed by atoms with Crippen molar-refractivity contribution in [2.45, 2.75) is 6.92 Å². The fraction of sp³-hybridized carbons (Fsp3) is 0.167. The van der Waals surface area contributed by atoms with Crippen molar-refractivity contribution in [3.8, 4) is 17.0 Å². The van der Waals surface area contributed by atoms with Gasteiger partial charge < -0.3 is 10.5 Å². The predicted octanol–water partition coefficient (Wildman–Crippen LogP) is 2.70. The molecule has 0 amide bonds. The lowest BCUT2D eigenvalue weighted by Crippen LogP contribution is -1.99. The zero-order valence-electron chi connectivity index (χ0n) is 9.57. The van der Waals surface area contributed by atoms with E-state index in [0.29, 0.717) is 10.8 Å². The van der Waals surface area contributed by atoms with E-state index in [0.717, 1.165) is 16.8 Å². The van der Waals surface area contributed by atoms with Gasteiger partial charge in [-0.05, 0) is 30.7 Å². The highest BCUT2D eigenvalue weighted by atomic mass is 35.5. The second-order valence-corrected chi connectivity index (χ2v) is 4.04. The van der Waals surface area contributed by atoms with Crippen molar-refractivity contribution in [2.24, 2.45) is 0 Å². The first-order chi connectivity index (χ1) is 8.11. The van der Waals surface area contributed by atoms with Gasteiger partial charge in [0.05, 0.1) is 12.8 Å². The minimum absolute atomic E-state index is 0.229. The van der Waals surface area contributed by atoms with E-state index in [-0.39, 0.29) is 5.95 Å². The molecule has 2 N–H and O–H groups in total. The second-order valence-electron chi connectivity index (χ2n) is 3.60. The summed E-state index contributed by atoms with van der Waals surface area (Å²) < 4.78 is 5.29. The number of nitrogens with two attached hydrogens (primary N) is 1. The zero-order valence-corrected chi connectivity index (χ0v) is 10.3. The summed E-state index contributed by atoms with van der Waals surface area (Å²) in [6.45, 7) is 1.91. The summed E-state index contributed by atoms with van der Waals surface area (Å²) in [5, 5.41) is 0.623. The number of ether oxygens (including phenoxy) is 1. The van der Waals surface area contributed by atoms with Crippen molar-refractivity contribution in [1.82, 2.24) is 9.97 Å². The van der Waals surface area contributed by atoms with E-state index in [1.165, 1.54) is 0 Å². The Labute approximate surface area is 104 Å². The molecule has 0 unspecified atom stereocenters. The molecule has 17 heavy (non-hydrogen) atoms. The van der Waals surface area contributed by atoms with Crippen LogP contribution in [0.4, 0.5) is 5.95 Å². The van der Waals surface area contributed by atoms with E-state index < -0.39 is 0 Å². The lowest BCUT2D eigenvalue weighted by Gasteiger charge is -2.10. The molecule has 1 aromatic carbocycles. The van der Waals surface area contributed by atoms with Gasteiger partial charge in [-0.1, -0.05) is 11.6 Å². The van der Waals surface area contributed by atoms with Crippen molar-refractivity contribution >= 4 is 17.5 Å². The molecule has 0 bridgehead atoms. The monoisotopic (exact) mass is 249 g/mol. The number of halogens is 1. The summed E-state index contributed by atoms with van der Waals surface area (Å²) in [7, 11) is 1.60. The van der Waals surface area contributed by atoms with Gasteiger partial charge in [0.1, 0.15) is 5.75 Å². The Morgan fingerprint density at radius 2 is 2.12 bits per heavy atom. The number of benzene rings is 1. The largest absolute Gasteiger partial charge is 0.496 e. The van der Waals surface area contributed by atoms with Crippen molar-refractivity contribution < 1.29 is 4.74 Å². The van der Waals surface area contributed by atoms with Crippen LogP contribution in [0.1, 0.15) is 5.56 Å². The van der Waals surface area contributed by atoms with E-state index in [1.54, 1.807) is 31.5 Å². The quantitative estimate of drug-likeness (QED) is 0.889. The lowest BCUT2D eigenvalue weighted by molar-refractivity contribution is 0.416. The molecule has 0 atom stereocenters. The van der Waals surface area contributed by atoms with E-state index in [4.69, 9.17) is 22.1 Å². The Morgan fingerprint density at radius 3 is 2.82 bits per heavy atom. The topological polar surface area (TPSA) is 61.0 Å². The van der Waals surface area contributed by atoms with Gasteiger partial charge in [-0.3, -0.25) is 0 Å². The van der Waals surface area contributed by atoms with Gasteiger partial charge in [-0.25, -0.2) is 9.97 Å². The van der Waals surface area contributed by atoms with E-state index in [9.17, 15) is 0 Å². The van der Waals surface area contributed by atoms with Gasteiger partial charge in [0.25, 0.3) is 0 Å². The summed E-state index contributed by atoms with van der Waals surface area (Å²) >= 11 is 5.99. The van der Waals surface area contributed by atoms with Crippen LogP contribution in [0.5, 0.6) is 5.75 Å². The molecule has 1 heterocycles. The number of rotatable bonds is 2. The molecular weight excluding hydrogens is 238 g/mol. The number of nitrogens with zero attached hydrogens (tertiary/aromatic N) is 2. The van der Waals surface area contributed by atoms with Gasteiger partial charge >= 0.3 is 0 Å². The van der Waals surface area contributed by atoms with Crippen molar-refractivity contribution in [2.75, 3.05) is 12.8 Å². The van der Waals surface area contributed by atoms with Crippen LogP contribution in [0.25, 0.3) is 11.3 Å². The lowest BCUT2D eigenvalue weighted by atomic mass is 10.1. The number of aromatic nitrogens is 2. The third-order valence-corrected chi connectivity index (χ3v) is 2.64. The highest BCUT2D eigenvalue weighted by Gasteiger charge is 2.11. The van der Waals surface area contributed by atoms with Crippen LogP contribution in [-0.4, -0.2) is 17.1 Å². The molecule has 4 nitrogen and oxygen atoms in total. The summed E-state index contributed by atoms with van der Waals surface area (Å²) in [5.74, 6) is 0.934. The van der Waals surface area contributed by atoms with Gasteiger partial charge in [-0.15, -0.1) is 0 Å². The number of hydrogen-bond acceptors (Lipinski definition) is 4. The average molecular weight is 250 g/mol. The fourth-order valence-electron chi connectivity index (χ4n) is 1.59. The Morgan fingerprint density at radius 1 is 1.35 bits per heavy atom. The molecule has 0 spiro atoms. The Balaban J connectivity index is 2.66. The standard InChI is InChI=1S/C12H12ClN3O/c1-7-6-15-12(14)16-11(7)9-5-8(13)3-4-10(9)17-2/h3-6H,1-2H3,(H2,14,15,16). The first kappa shape index (κ1) is 11.7. The molecule has 2 aromatic rings. The molecule has 88 valence electrons. The Bertz CT molecular complexity index is 557. The number of aryl methyl sites for hydroxylation is 1. The molecule has 2 rings (SSSR count). The highest BCUT2D eigenvalue weighted by molar-refractivity contribution is 6.31. The molecule has 5 heteroatoms. The molecule has 0 aliphatic heterocycles. The third-order valence-electron chi connectivity index (χ3n) is 2.41. The van der Waals surface area contributed by atoms with Crippen LogP contribution in [0.15, 0.2) is 24.4 Å². The summed E-state index contributed by atoms with van der Waals surface area (Å²) in [6.07, 6.45) is 1.68. The molecule has 0 aliphatic rings. The maximum Gasteiger partial charge on any atom is 0.220 e. The third kappa shape index (κ3) is 2.31. The molecule has 0 fully saturated rings. The number of nitrogen functional groups attached to an aromatic ring is 1. The van der Waals surface area contributed by atoms with Crippen molar-refractivity contribution in [3.05, 3.63) is 35.0 Å². The Hall–Kier alpha value is -1.81. The van der Waals surface area contributed by atoms with Crippen LogP contribution in [0.3, 0.4) is 0 Å². The van der Waals surface area contributed by atoms with E-state index >= 15 is 0 Å². The smallest absolute Gasteiger partial charge is 0.220 e. The predicted molar refractivity (Wildman–Crippen MR) is 68.2 cm³/mol.